The van der Waals surface area contributed by atoms with Gasteiger partial charge in [0.15, 0.2) is 0 Å². The van der Waals surface area contributed by atoms with Crippen molar-refractivity contribution >= 4 is 21.6 Å². The summed E-state index contributed by atoms with van der Waals surface area (Å²) in [6.07, 6.45) is 0. The molecule has 2 aromatic rings. The van der Waals surface area contributed by atoms with Gasteiger partial charge in [-0.2, -0.15) is 4.72 Å². The van der Waals surface area contributed by atoms with Crippen LogP contribution in [0, 0.1) is 19.7 Å². The maximum absolute atomic E-state index is 13.3. The zero-order chi connectivity index (χ0) is 19.5. The number of rotatable bonds is 6. The molecule has 2 aromatic carbocycles. The van der Waals surface area contributed by atoms with Gasteiger partial charge >= 0.3 is 0 Å². The van der Waals surface area contributed by atoms with Crippen LogP contribution in [0.5, 0.6) is 5.75 Å². The Labute approximate surface area is 152 Å². The highest BCUT2D eigenvalue weighted by molar-refractivity contribution is 7.89. The van der Waals surface area contributed by atoms with E-state index in [9.17, 15) is 17.6 Å². The van der Waals surface area contributed by atoms with Crippen LogP contribution >= 0.6 is 0 Å². The van der Waals surface area contributed by atoms with E-state index in [1.165, 1.54) is 44.4 Å². The summed E-state index contributed by atoms with van der Waals surface area (Å²) in [7, 11) is -2.41. The maximum Gasteiger partial charge on any atom is 0.242 e. The third-order valence-corrected chi connectivity index (χ3v) is 5.40. The summed E-state index contributed by atoms with van der Waals surface area (Å²) in [6, 6.07) is 7.35. The molecule has 0 saturated carbocycles. The van der Waals surface area contributed by atoms with Crippen molar-refractivity contribution in [2.45, 2.75) is 31.7 Å². The van der Waals surface area contributed by atoms with Crippen LogP contribution < -0.4 is 14.8 Å². The number of halogens is 1. The van der Waals surface area contributed by atoms with E-state index in [0.717, 1.165) is 0 Å². The fraction of sp³-hybridized carbons (Fsp3) is 0.278. The number of carbonyl (C=O) groups excluding carboxylic acids is 1. The third-order valence-electron chi connectivity index (χ3n) is 3.86. The lowest BCUT2D eigenvalue weighted by atomic mass is 10.2. The summed E-state index contributed by atoms with van der Waals surface area (Å²) in [5.41, 5.74) is 1.62. The van der Waals surface area contributed by atoms with Crippen molar-refractivity contribution in [2.24, 2.45) is 0 Å². The lowest BCUT2D eigenvalue weighted by Gasteiger charge is -2.16. The standard InChI is InChI=1S/C18H21FN2O4S/c1-11-5-6-14(19)10-16(11)20-18(22)13(3)21-26(23,24)15-7-8-17(25-4)12(2)9-15/h5-10,13,21H,1-4H3,(H,20,22). The van der Waals surface area contributed by atoms with Gasteiger partial charge in [0.25, 0.3) is 0 Å². The van der Waals surface area contributed by atoms with Crippen molar-refractivity contribution in [1.29, 1.82) is 0 Å². The van der Waals surface area contributed by atoms with E-state index in [0.29, 0.717) is 22.6 Å². The first kappa shape index (κ1) is 19.9. The molecule has 2 N–H and O–H groups in total. The monoisotopic (exact) mass is 380 g/mol. The fourth-order valence-corrected chi connectivity index (χ4v) is 3.63. The first-order valence-electron chi connectivity index (χ1n) is 7.88. The van der Waals surface area contributed by atoms with Crippen LogP contribution in [-0.2, 0) is 14.8 Å². The van der Waals surface area contributed by atoms with Crippen molar-refractivity contribution in [1.82, 2.24) is 4.72 Å². The van der Waals surface area contributed by atoms with Crippen LogP contribution in [0.2, 0.25) is 0 Å². The number of nitrogens with one attached hydrogen (secondary N) is 2. The topological polar surface area (TPSA) is 84.5 Å². The molecule has 0 aliphatic heterocycles. The van der Waals surface area contributed by atoms with Gasteiger partial charge in [-0.25, -0.2) is 12.8 Å². The van der Waals surface area contributed by atoms with Crippen molar-refractivity contribution in [3.63, 3.8) is 0 Å². The molecule has 1 atom stereocenters. The number of amides is 1. The average Bonchev–Trinajstić information content (AvgIpc) is 2.57. The van der Waals surface area contributed by atoms with E-state index in [1.54, 1.807) is 19.9 Å². The van der Waals surface area contributed by atoms with E-state index in [4.69, 9.17) is 4.74 Å². The highest BCUT2D eigenvalue weighted by Crippen LogP contribution is 2.21. The van der Waals surface area contributed by atoms with Crippen LogP contribution in [0.25, 0.3) is 0 Å². The van der Waals surface area contributed by atoms with Gasteiger partial charge < -0.3 is 10.1 Å². The predicted molar refractivity (Wildman–Crippen MR) is 97.3 cm³/mol. The highest BCUT2D eigenvalue weighted by atomic mass is 32.2. The highest BCUT2D eigenvalue weighted by Gasteiger charge is 2.23. The Morgan fingerprint density at radius 2 is 1.81 bits per heavy atom. The molecule has 0 aliphatic carbocycles. The predicted octanol–water partition coefficient (Wildman–Crippen LogP) is 2.76. The molecule has 0 spiro atoms. The van der Waals surface area contributed by atoms with Crippen LogP contribution in [0.3, 0.4) is 0 Å². The van der Waals surface area contributed by atoms with Crippen molar-refractivity contribution in [3.05, 3.63) is 53.3 Å². The van der Waals surface area contributed by atoms with Gasteiger partial charge in [0.1, 0.15) is 11.6 Å². The summed E-state index contributed by atoms with van der Waals surface area (Å²) in [6.45, 7) is 4.85. The minimum absolute atomic E-state index is 0.0254. The van der Waals surface area contributed by atoms with Crippen LogP contribution in [0.15, 0.2) is 41.3 Å². The minimum atomic E-state index is -3.90. The second-order valence-corrected chi connectivity index (χ2v) is 7.64. The number of aryl methyl sites for hydroxylation is 2. The molecule has 0 saturated heterocycles. The number of benzene rings is 2. The second kappa shape index (κ2) is 7.84. The van der Waals surface area contributed by atoms with E-state index in [1.807, 2.05) is 0 Å². The molecule has 1 amide bonds. The molecule has 1 unspecified atom stereocenters. The van der Waals surface area contributed by atoms with Gasteiger partial charge in [0, 0.05) is 5.69 Å². The van der Waals surface area contributed by atoms with E-state index < -0.39 is 27.8 Å². The fourth-order valence-electron chi connectivity index (χ4n) is 2.34. The summed E-state index contributed by atoms with van der Waals surface area (Å²) in [5, 5.41) is 2.53. The average molecular weight is 380 g/mol. The van der Waals surface area contributed by atoms with E-state index in [2.05, 4.69) is 10.0 Å². The van der Waals surface area contributed by atoms with Crippen LogP contribution in [0.1, 0.15) is 18.1 Å². The molecule has 26 heavy (non-hydrogen) atoms. The molecule has 0 radical (unpaired) electrons. The van der Waals surface area contributed by atoms with Crippen molar-refractivity contribution in [2.75, 3.05) is 12.4 Å². The summed E-state index contributed by atoms with van der Waals surface area (Å²) >= 11 is 0. The molecule has 6 nitrogen and oxygen atoms in total. The third kappa shape index (κ3) is 4.59. The van der Waals surface area contributed by atoms with E-state index in [-0.39, 0.29) is 4.90 Å². The Hall–Kier alpha value is -2.45. The van der Waals surface area contributed by atoms with Gasteiger partial charge in [-0.05, 0) is 62.2 Å². The van der Waals surface area contributed by atoms with Gasteiger partial charge in [-0.3, -0.25) is 4.79 Å². The Morgan fingerprint density at radius 3 is 2.42 bits per heavy atom. The SMILES string of the molecule is COc1ccc(S(=O)(=O)NC(C)C(=O)Nc2cc(F)ccc2C)cc1C. The molecular weight excluding hydrogens is 359 g/mol. The molecule has 0 bridgehead atoms. The van der Waals surface area contributed by atoms with Crippen molar-refractivity contribution < 1.29 is 22.3 Å². The molecule has 0 fully saturated rings. The summed E-state index contributed by atoms with van der Waals surface area (Å²) in [5.74, 6) is -0.517. The van der Waals surface area contributed by atoms with Crippen LogP contribution in [-0.4, -0.2) is 27.5 Å². The second-order valence-electron chi connectivity index (χ2n) is 5.92. The number of methoxy groups -OCH3 is 1. The van der Waals surface area contributed by atoms with Crippen LogP contribution in [0.4, 0.5) is 10.1 Å². The van der Waals surface area contributed by atoms with Gasteiger partial charge in [0.05, 0.1) is 18.0 Å². The zero-order valence-electron chi connectivity index (χ0n) is 15.0. The number of carbonyl (C=O) groups is 1. The quantitative estimate of drug-likeness (QED) is 0.807. The minimum Gasteiger partial charge on any atom is -0.496 e. The number of hydrogen-bond donors (Lipinski definition) is 2. The number of sulfonamides is 1. The number of ether oxygens (including phenoxy) is 1. The normalized spacial score (nSPS) is 12.5. The lowest BCUT2D eigenvalue weighted by Crippen LogP contribution is -2.41. The first-order chi connectivity index (χ1) is 12.1. The zero-order valence-corrected chi connectivity index (χ0v) is 15.8. The Bertz CT molecular complexity index is 929. The van der Waals surface area contributed by atoms with Gasteiger partial charge in [-0.15, -0.1) is 0 Å². The summed E-state index contributed by atoms with van der Waals surface area (Å²) in [4.78, 5) is 12.3. The van der Waals surface area contributed by atoms with E-state index >= 15 is 0 Å². The smallest absolute Gasteiger partial charge is 0.242 e. The Balaban J connectivity index is 2.14. The largest absolute Gasteiger partial charge is 0.496 e. The Morgan fingerprint density at radius 1 is 1.12 bits per heavy atom. The maximum atomic E-state index is 13.3. The first-order valence-corrected chi connectivity index (χ1v) is 9.36. The number of anilines is 1. The number of hydrogen-bond acceptors (Lipinski definition) is 4. The van der Waals surface area contributed by atoms with Crippen molar-refractivity contribution in [3.8, 4) is 5.75 Å². The molecule has 2 rings (SSSR count). The van der Waals surface area contributed by atoms with Gasteiger partial charge in [0.2, 0.25) is 15.9 Å². The molecular formula is C18H21FN2O4S. The Kier molecular flexibility index (Phi) is 5.99. The molecule has 0 aromatic heterocycles. The molecule has 8 heteroatoms. The summed E-state index contributed by atoms with van der Waals surface area (Å²) < 4.78 is 45.7. The van der Waals surface area contributed by atoms with Gasteiger partial charge in [-0.1, -0.05) is 6.07 Å². The molecule has 0 heterocycles. The molecule has 0 aliphatic rings. The molecule has 140 valence electrons. The lowest BCUT2D eigenvalue weighted by molar-refractivity contribution is -0.117.